The topological polar surface area (TPSA) is 74.9 Å². The van der Waals surface area contributed by atoms with E-state index in [1.165, 1.54) is 0 Å². The third kappa shape index (κ3) is 1.64. The number of phenols is 1. The fourth-order valence-corrected chi connectivity index (χ4v) is 1.72. The van der Waals surface area contributed by atoms with Crippen LogP contribution in [-0.2, 0) is 0 Å². The van der Waals surface area contributed by atoms with Gasteiger partial charge in [-0.15, -0.1) is 0 Å². The summed E-state index contributed by atoms with van der Waals surface area (Å²) >= 11 is 5.91. The van der Waals surface area contributed by atoms with E-state index < -0.39 is 0 Å². The molecule has 15 heavy (non-hydrogen) atoms. The number of aromatic nitrogens is 2. The van der Waals surface area contributed by atoms with Gasteiger partial charge in [0.15, 0.2) is 0 Å². The smallest absolute Gasteiger partial charge is 0.126 e. The minimum absolute atomic E-state index is 0.174. The van der Waals surface area contributed by atoms with Crippen LogP contribution in [0.2, 0.25) is 5.02 Å². The largest absolute Gasteiger partial charge is 0.507 e. The van der Waals surface area contributed by atoms with Crippen LogP contribution in [0.1, 0.15) is 5.56 Å². The summed E-state index contributed by atoms with van der Waals surface area (Å²) in [5.74, 6) is 0.583. The maximum absolute atomic E-state index is 9.86. The Morgan fingerprint density at radius 2 is 2.13 bits per heavy atom. The highest BCUT2D eigenvalue weighted by Gasteiger charge is 2.12. The zero-order valence-corrected chi connectivity index (χ0v) is 8.84. The van der Waals surface area contributed by atoms with Crippen molar-refractivity contribution in [1.29, 1.82) is 0 Å². The number of aromatic hydroxyl groups is 1. The van der Waals surface area contributed by atoms with E-state index in [0.717, 1.165) is 0 Å². The summed E-state index contributed by atoms with van der Waals surface area (Å²) in [4.78, 5) is 0. The second-order valence-electron chi connectivity index (χ2n) is 3.32. The predicted molar refractivity (Wildman–Crippen MR) is 59.8 cm³/mol. The zero-order chi connectivity index (χ0) is 11.0. The van der Waals surface area contributed by atoms with Crippen LogP contribution in [0.15, 0.2) is 18.3 Å². The number of benzene rings is 1. The molecule has 2 aromatic rings. The van der Waals surface area contributed by atoms with Gasteiger partial charge in [-0.2, -0.15) is 5.10 Å². The number of nitrogens with one attached hydrogen (secondary N) is 1. The quantitative estimate of drug-likeness (QED) is 0.695. The van der Waals surface area contributed by atoms with Crippen LogP contribution in [0.5, 0.6) is 5.75 Å². The fourth-order valence-electron chi connectivity index (χ4n) is 1.45. The van der Waals surface area contributed by atoms with Gasteiger partial charge in [0.1, 0.15) is 11.6 Å². The molecule has 1 heterocycles. The normalized spacial score (nSPS) is 10.5. The van der Waals surface area contributed by atoms with Crippen molar-refractivity contribution in [2.45, 2.75) is 6.92 Å². The van der Waals surface area contributed by atoms with Crippen LogP contribution >= 0.6 is 11.6 Å². The molecule has 4 nitrogen and oxygen atoms in total. The fraction of sp³-hybridized carbons (Fsp3) is 0.100. The number of hydrogen-bond donors (Lipinski definition) is 3. The van der Waals surface area contributed by atoms with E-state index in [0.29, 0.717) is 27.5 Å². The molecule has 0 aliphatic carbocycles. The van der Waals surface area contributed by atoms with Gasteiger partial charge in [-0.1, -0.05) is 11.6 Å². The molecule has 0 bridgehead atoms. The molecule has 0 atom stereocenters. The van der Waals surface area contributed by atoms with Gasteiger partial charge >= 0.3 is 0 Å². The average Bonchev–Trinajstić information content (AvgIpc) is 2.58. The average molecular weight is 224 g/mol. The lowest BCUT2D eigenvalue weighted by Crippen LogP contribution is -1.89. The molecule has 1 aromatic heterocycles. The van der Waals surface area contributed by atoms with Crippen LogP contribution < -0.4 is 5.73 Å². The van der Waals surface area contributed by atoms with Gasteiger partial charge < -0.3 is 10.8 Å². The van der Waals surface area contributed by atoms with Gasteiger partial charge in [0.2, 0.25) is 0 Å². The molecule has 0 aliphatic heterocycles. The summed E-state index contributed by atoms with van der Waals surface area (Å²) in [5, 5.41) is 16.8. The third-order valence-corrected chi connectivity index (χ3v) is 2.44. The van der Waals surface area contributed by atoms with Crippen molar-refractivity contribution in [2.75, 3.05) is 5.73 Å². The Balaban J connectivity index is 2.68. The maximum Gasteiger partial charge on any atom is 0.126 e. The highest BCUT2D eigenvalue weighted by atomic mass is 35.5. The molecule has 78 valence electrons. The summed E-state index contributed by atoms with van der Waals surface area (Å²) in [6.07, 6.45) is 1.56. The molecule has 0 saturated heterocycles. The lowest BCUT2D eigenvalue weighted by atomic mass is 10.0. The molecule has 0 spiro atoms. The summed E-state index contributed by atoms with van der Waals surface area (Å²) < 4.78 is 0. The van der Waals surface area contributed by atoms with Crippen LogP contribution in [0.3, 0.4) is 0 Å². The van der Waals surface area contributed by atoms with E-state index >= 15 is 0 Å². The number of phenolic OH excluding ortho intramolecular Hbond substituents is 1. The van der Waals surface area contributed by atoms with Crippen molar-refractivity contribution in [2.24, 2.45) is 0 Å². The van der Waals surface area contributed by atoms with E-state index in [4.69, 9.17) is 17.3 Å². The Morgan fingerprint density at radius 3 is 2.73 bits per heavy atom. The summed E-state index contributed by atoms with van der Waals surface area (Å²) in [6.45, 7) is 1.78. The first-order valence-electron chi connectivity index (χ1n) is 4.38. The molecule has 0 amide bonds. The first-order chi connectivity index (χ1) is 7.09. The van der Waals surface area contributed by atoms with Gasteiger partial charge in [-0.05, 0) is 24.6 Å². The highest BCUT2D eigenvalue weighted by Crippen LogP contribution is 2.36. The van der Waals surface area contributed by atoms with E-state index in [9.17, 15) is 5.11 Å². The van der Waals surface area contributed by atoms with Gasteiger partial charge in [-0.25, -0.2) is 0 Å². The lowest BCUT2D eigenvalue weighted by Gasteiger charge is -2.06. The number of nitrogens with zero attached hydrogens (tertiary/aromatic N) is 1. The Kier molecular flexibility index (Phi) is 2.28. The minimum Gasteiger partial charge on any atom is -0.507 e. The second kappa shape index (κ2) is 3.47. The molecule has 5 heteroatoms. The molecule has 2 rings (SSSR count). The number of aromatic amines is 1. The summed E-state index contributed by atoms with van der Waals surface area (Å²) in [7, 11) is 0. The molecule has 0 unspecified atom stereocenters. The Labute approximate surface area is 91.7 Å². The second-order valence-corrected chi connectivity index (χ2v) is 3.75. The van der Waals surface area contributed by atoms with Crippen LogP contribution in [0.4, 0.5) is 5.82 Å². The van der Waals surface area contributed by atoms with Crippen LogP contribution in [0, 0.1) is 6.92 Å². The third-order valence-electron chi connectivity index (χ3n) is 2.22. The first-order valence-corrected chi connectivity index (χ1v) is 4.75. The van der Waals surface area contributed by atoms with E-state index in [2.05, 4.69) is 10.2 Å². The van der Waals surface area contributed by atoms with Gasteiger partial charge in [0.25, 0.3) is 0 Å². The SMILES string of the molecule is Cc1cc(Cl)cc(-c2cn[nH]c2N)c1O. The molecule has 4 N–H and O–H groups in total. The van der Waals surface area contributed by atoms with E-state index in [1.807, 2.05) is 0 Å². The van der Waals surface area contributed by atoms with Crippen molar-refractivity contribution >= 4 is 17.4 Å². The molecule has 0 aliphatic rings. The van der Waals surface area contributed by atoms with Crippen molar-refractivity contribution in [3.8, 4) is 16.9 Å². The number of nitrogens with two attached hydrogens (primary N) is 1. The Hall–Kier alpha value is -1.68. The highest BCUT2D eigenvalue weighted by molar-refractivity contribution is 6.31. The lowest BCUT2D eigenvalue weighted by molar-refractivity contribution is 0.473. The zero-order valence-electron chi connectivity index (χ0n) is 8.08. The number of rotatable bonds is 1. The van der Waals surface area contributed by atoms with Gasteiger partial charge in [0, 0.05) is 16.1 Å². The van der Waals surface area contributed by atoms with E-state index in [-0.39, 0.29) is 5.75 Å². The first kappa shape index (κ1) is 9.86. The maximum atomic E-state index is 9.86. The Bertz CT molecular complexity index is 507. The molecular weight excluding hydrogens is 214 g/mol. The van der Waals surface area contributed by atoms with E-state index in [1.54, 1.807) is 25.3 Å². The molecule has 1 aromatic carbocycles. The van der Waals surface area contributed by atoms with Gasteiger partial charge in [0.05, 0.1) is 6.20 Å². The van der Waals surface area contributed by atoms with Crippen molar-refractivity contribution < 1.29 is 5.11 Å². The van der Waals surface area contributed by atoms with Gasteiger partial charge in [-0.3, -0.25) is 5.10 Å². The minimum atomic E-state index is 0.174. The van der Waals surface area contributed by atoms with Crippen molar-refractivity contribution in [3.05, 3.63) is 28.9 Å². The summed E-state index contributed by atoms with van der Waals surface area (Å²) in [6, 6.07) is 3.35. The van der Waals surface area contributed by atoms with Crippen LogP contribution in [-0.4, -0.2) is 15.3 Å². The number of nitrogen functional groups attached to an aromatic ring is 1. The molecular formula is C10H10ClN3O. The molecule has 0 radical (unpaired) electrons. The Morgan fingerprint density at radius 1 is 1.40 bits per heavy atom. The summed E-state index contributed by atoms with van der Waals surface area (Å²) in [5.41, 5.74) is 7.62. The molecule has 0 fully saturated rings. The number of H-pyrrole nitrogens is 1. The van der Waals surface area contributed by atoms with Crippen molar-refractivity contribution in [3.63, 3.8) is 0 Å². The monoisotopic (exact) mass is 223 g/mol. The van der Waals surface area contributed by atoms with Crippen LogP contribution in [0.25, 0.3) is 11.1 Å². The number of anilines is 1. The number of hydrogen-bond acceptors (Lipinski definition) is 3. The molecule has 0 saturated carbocycles. The standard InChI is InChI=1S/C10H10ClN3O/c1-5-2-6(11)3-7(9(5)15)8-4-13-14-10(8)12/h2-4,15H,1H3,(H3,12,13,14). The number of aryl methyl sites for hydroxylation is 1. The predicted octanol–water partition coefficient (Wildman–Crippen LogP) is 2.33. The number of halogens is 1. The van der Waals surface area contributed by atoms with Crippen molar-refractivity contribution in [1.82, 2.24) is 10.2 Å².